The molecule has 2 N–H and O–H groups in total. The van der Waals surface area contributed by atoms with E-state index in [1.165, 1.54) is 0 Å². The van der Waals surface area contributed by atoms with Crippen molar-refractivity contribution in [3.8, 4) is 17.2 Å². The third kappa shape index (κ3) is 6.54. The molecule has 0 aromatic heterocycles. The number of ether oxygens (including phenoxy) is 4. The molecule has 3 aromatic carbocycles. The van der Waals surface area contributed by atoms with Gasteiger partial charge in [0.1, 0.15) is 12.4 Å². The quantitative estimate of drug-likeness (QED) is 0.256. The minimum absolute atomic E-state index is 0.0425. The number of carboxylic acids is 1. The predicted octanol–water partition coefficient (Wildman–Crippen LogP) is 5.66. The SMILES string of the molecule is CCc1cc(C)cc(CC)c1NC(=O)CN1C[C@H](c2cc3c(cc2C)OCO3)[C@@H](C(=O)O)[C@@H]1c1ccc(OCCOC)cc1. The first kappa shape index (κ1) is 31.3. The fraction of sp³-hybridized carbons (Fsp3) is 0.429. The first-order valence-corrected chi connectivity index (χ1v) is 15.2. The molecule has 2 heterocycles. The lowest BCUT2D eigenvalue weighted by Crippen LogP contribution is -2.35. The van der Waals surface area contributed by atoms with E-state index in [-0.39, 0.29) is 25.2 Å². The smallest absolute Gasteiger partial charge is 0.309 e. The maximum atomic E-state index is 13.7. The van der Waals surface area contributed by atoms with Crippen molar-refractivity contribution in [2.75, 3.05) is 45.5 Å². The van der Waals surface area contributed by atoms with E-state index < -0.39 is 17.9 Å². The van der Waals surface area contributed by atoms with Gasteiger partial charge in [0.2, 0.25) is 12.7 Å². The Morgan fingerprint density at radius 3 is 2.25 bits per heavy atom. The lowest BCUT2D eigenvalue weighted by molar-refractivity contribution is -0.143. The summed E-state index contributed by atoms with van der Waals surface area (Å²) in [4.78, 5) is 28.8. The first-order chi connectivity index (χ1) is 21.2. The summed E-state index contributed by atoms with van der Waals surface area (Å²) in [5.74, 6) is -0.339. The summed E-state index contributed by atoms with van der Waals surface area (Å²) in [7, 11) is 1.62. The molecule has 0 spiro atoms. The molecule has 44 heavy (non-hydrogen) atoms. The van der Waals surface area contributed by atoms with Gasteiger partial charge in [-0.05, 0) is 78.8 Å². The van der Waals surface area contributed by atoms with Crippen molar-refractivity contribution < 1.29 is 33.6 Å². The molecule has 0 saturated carbocycles. The van der Waals surface area contributed by atoms with E-state index >= 15 is 0 Å². The van der Waals surface area contributed by atoms with Gasteiger partial charge < -0.3 is 29.4 Å². The normalized spacial score (nSPS) is 19.2. The Morgan fingerprint density at radius 1 is 0.977 bits per heavy atom. The van der Waals surface area contributed by atoms with Crippen LogP contribution in [0.5, 0.6) is 17.2 Å². The molecule has 0 radical (unpaired) electrons. The number of amides is 1. The van der Waals surface area contributed by atoms with E-state index in [2.05, 4.69) is 38.2 Å². The van der Waals surface area contributed by atoms with Crippen molar-refractivity contribution in [1.82, 2.24) is 4.90 Å². The van der Waals surface area contributed by atoms with Gasteiger partial charge >= 0.3 is 5.97 Å². The Morgan fingerprint density at radius 2 is 1.64 bits per heavy atom. The highest BCUT2D eigenvalue weighted by atomic mass is 16.7. The zero-order valence-corrected chi connectivity index (χ0v) is 26.1. The Hall–Kier alpha value is -4.08. The minimum atomic E-state index is -0.916. The largest absolute Gasteiger partial charge is 0.491 e. The maximum absolute atomic E-state index is 13.7. The molecule has 0 aliphatic carbocycles. The second kappa shape index (κ2) is 13.7. The molecule has 0 unspecified atom stereocenters. The number of benzene rings is 3. The van der Waals surface area contributed by atoms with Gasteiger partial charge in [0.15, 0.2) is 11.5 Å². The van der Waals surface area contributed by atoms with E-state index in [1.807, 2.05) is 48.2 Å². The summed E-state index contributed by atoms with van der Waals surface area (Å²) in [6.45, 7) is 9.63. The van der Waals surface area contributed by atoms with Crippen LogP contribution in [0.3, 0.4) is 0 Å². The van der Waals surface area contributed by atoms with Gasteiger partial charge in [-0.2, -0.15) is 0 Å². The number of nitrogens with one attached hydrogen (secondary N) is 1. The molecular formula is C35H42N2O7. The number of anilines is 1. The number of aryl methyl sites for hydroxylation is 4. The highest BCUT2D eigenvalue weighted by Gasteiger charge is 2.48. The lowest BCUT2D eigenvalue weighted by Gasteiger charge is -2.27. The number of likely N-dealkylation sites (tertiary alicyclic amines) is 1. The molecule has 0 bridgehead atoms. The van der Waals surface area contributed by atoms with Crippen LogP contribution in [0.2, 0.25) is 0 Å². The van der Waals surface area contributed by atoms with Crippen LogP contribution in [0.15, 0.2) is 48.5 Å². The Labute approximate surface area is 259 Å². The van der Waals surface area contributed by atoms with Crippen LogP contribution in [-0.2, 0) is 27.2 Å². The van der Waals surface area contributed by atoms with Crippen molar-refractivity contribution in [3.05, 3.63) is 81.9 Å². The molecule has 5 rings (SSSR count). The van der Waals surface area contributed by atoms with Gasteiger partial charge in [-0.25, -0.2) is 0 Å². The Kier molecular flexibility index (Phi) is 9.76. The molecule has 3 atom stereocenters. The van der Waals surface area contributed by atoms with Gasteiger partial charge in [0.05, 0.1) is 19.1 Å². The molecule has 2 aliphatic rings. The zero-order valence-electron chi connectivity index (χ0n) is 26.1. The highest BCUT2D eigenvalue weighted by molar-refractivity contribution is 5.94. The van der Waals surface area contributed by atoms with Crippen LogP contribution >= 0.6 is 0 Å². The third-order valence-corrected chi connectivity index (χ3v) is 8.64. The number of hydrogen-bond donors (Lipinski definition) is 2. The maximum Gasteiger partial charge on any atom is 0.309 e. The number of carbonyl (C=O) groups excluding carboxylic acids is 1. The van der Waals surface area contributed by atoms with E-state index in [4.69, 9.17) is 18.9 Å². The standard InChI is InChI=1S/C35H42N2O7/c1-6-23-14-21(3)15-24(7-2)33(23)36-31(38)19-37-18-28(27-17-30-29(16-22(27)4)43-20-44-30)32(35(39)40)34(37)25-8-10-26(11-9-25)42-13-12-41-5/h8-11,14-17,28,32,34H,6-7,12-13,18-20H2,1-5H3,(H,36,38)(H,39,40)/t28-,32-,34+/m1/s1. The van der Waals surface area contributed by atoms with Gasteiger partial charge in [0, 0.05) is 31.3 Å². The Balaban J connectivity index is 1.49. The molecular weight excluding hydrogens is 560 g/mol. The number of carboxylic acid groups (broad SMARTS) is 1. The second-order valence-electron chi connectivity index (χ2n) is 11.5. The van der Waals surface area contributed by atoms with Crippen molar-refractivity contribution in [3.63, 3.8) is 0 Å². The summed E-state index contributed by atoms with van der Waals surface area (Å²) in [5, 5.41) is 13.9. The van der Waals surface area contributed by atoms with E-state index in [9.17, 15) is 14.7 Å². The van der Waals surface area contributed by atoms with Crippen LogP contribution in [-0.4, -0.2) is 62.1 Å². The number of rotatable bonds is 12. The topological polar surface area (TPSA) is 107 Å². The molecule has 3 aromatic rings. The van der Waals surface area contributed by atoms with E-state index in [0.29, 0.717) is 37.0 Å². The second-order valence-corrected chi connectivity index (χ2v) is 11.5. The average molecular weight is 603 g/mol. The monoisotopic (exact) mass is 602 g/mol. The highest BCUT2D eigenvalue weighted by Crippen LogP contribution is 2.49. The van der Waals surface area contributed by atoms with Crippen LogP contribution in [0, 0.1) is 19.8 Å². The molecule has 1 saturated heterocycles. The summed E-state index contributed by atoms with van der Waals surface area (Å²) in [5.41, 5.74) is 6.83. The summed E-state index contributed by atoms with van der Waals surface area (Å²) in [6.07, 6.45) is 1.59. The first-order valence-electron chi connectivity index (χ1n) is 15.2. The van der Waals surface area contributed by atoms with Gasteiger partial charge in [-0.15, -0.1) is 0 Å². The lowest BCUT2D eigenvalue weighted by atomic mass is 9.81. The van der Waals surface area contributed by atoms with Crippen LogP contribution in [0.25, 0.3) is 0 Å². The number of nitrogens with zero attached hydrogens (tertiary/aromatic N) is 1. The number of carbonyl (C=O) groups is 2. The number of aliphatic carboxylic acids is 1. The van der Waals surface area contributed by atoms with Crippen LogP contribution < -0.4 is 19.5 Å². The fourth-order valence-electron chi connectivity index (χ4n) is 6.59. The zero-order chi connectivity index (χ0) is 31.4. The number of methoxy groups -OCH3 is 1. The molecule has 9 heteroatoms. The van der Waals surface area contributed by atoms with Crippen molar-refractivity contribution in [2.45, 2.75) is 52.5 Å². The summed E-state index contributed by atoms with van der Waals surface area (Å²) >= 11 is 0. The summed E-state index contributed by atoms with van der Waals surface area (Å²) in [6, 6.07) is 15.0. The predicted molar refractivity (Wildman–Crippen MR) is 168 cm³/mol. The molecule has 2 aliphatic heterocycles. The fourth-order valence-corrected chi connectivity index (χ4v) is 6.59. The van der Waals surface area contributed by atoms with Crippen molar-refractivity contribution in [1.29, 1.82) is 0 Å². The Bertz CT molecular complexity index is 1480. The van der Waals surface area contributed by atoms with Crippen molar-refractivity contribution >= 4 is 17.6 Å². The third-order valence-electron chi connectivity index (χ3n) is 8.64. The van der Waals surface area contributed by atoms with E-state index in [1.54, 1.807) is 7.11 Å². The van der Waals surface area contributed by atoms with Crippen molar-refractivity contribution in [2.24, 2.45) is 5.92 Å². The summed E-state index contributed by atoms with van der Waals surface area (Å²) < 4.78 is 22.0. The van der Waals surface area contributed by atoms with Crippen LogP contribution in [0.1, 0.15) is 59.2 Å². The van der Waals surface area contributed by atoms with Gasteiger partial charge in [-0.1, -0.05) is 43.7 Å². The minimum Gasteiger partial charge on any atom is -0.491 e. The average Bonchev–Trinajstić information content (AvgIpc) is 3.61. The molecule has 1 amide bonds. The van der Waals surface area contributed by atoms with Gasteiger partial charge in [-0.3, -0.25) is 14.5 Å². The van der Waals surface area contributed by atoms with E-state index in [0.717, 1.165) is 51.9 Å². The molecule has 1 fully saturated rings. The van der Waals surface area contributed by atoms with Gasteiger partial charge in [0.25, 0.3) is 0 Å². The molecule has 9 nitrogen and oxygen atoms in total. The van der Waals surface area contributed by atoms with Crippen LogP contribution in [0.4, 0.5) is 5.69 Å². The number of fused-ring (bicyclic) bond motifs is 1. The molecule has 234 valence electrons. The number of hydrogen-bond acceptors (Lipinski definition) is 7.